The lowest BCUT2D eigenvalue weighted by Crippen LogP contribution is -2.04. The van der Waals surface area contributed by atoms with E-state index in [-0.39, 0.29) is 17.5 Å². The van der Waals surface area contributed by atoms with Gasteiger partial charge in [0.2, 0.25) is 5.75 Å². The molecular formula is C15H15BrN2O3. The van der Waals surface area contributed by atoms with Gasteiger partial charge >= 0.3 is 5.69 Å². The van der Waals surface area contributed by atoms with Gasteiger partial charge in [0.1, 0.15) is 5.75 Å². The van der Waals surface area contributed by atoms with Crippen molar-refractivity contribution in [3.8, 4) is 11.5 Å². The normalized spacial score (nSPS) is 12.0. The summed E-state index contributed by atoms with van der Waals surface area (Å²) in [4.78, 5) is 10.7. The summed E-state index contributed by atoms with van der Waals surface area (Å²) in [6, 6.07) is 10.3. The van der Waals surface area contributed by atoms with Crippen LogP contribution in [0.2, 0.25) is 0 Å². The van der Waals surface area contributed by atoms with Crippen molar-refractivity contribution in [2.24, 2.45) is 5.73 Å². The van der Waals surface area contributed by atoms with Crippen LogP contribution in [-0.4, -0.2) is 4.92 Å². The van der Waals surface area contributed by atoms with Crippen molar-refractivity contribution in [3.05, 3.63) is 62.1 Å². The van der Waals surface area contributed by atoms with E-state index in [2.05, 4.69) is 15.9 Å². The number of rotatable bonds is 4. The van der Waals surface area contributed by atoms with Crippen LogP contribution in [0.4, 0.5) is 5.69 Å². The Morgan fingerprint density at radius 2 is 1.90 bits per heavy atom. The lowest BCUT2D eigenvalue weighted by molar-refractivity contribution is -0.385. The Morgan fingerprint density at radius 1 is 1.29 bits per heavy atom. The molecule has 0 radical (unpaired) electrons. The summed E-state index contributed by atoms with van der Waals surface area (Å²) in [5, 5.41) is 11.1. The fourth-order valence-corrected chi connectivity index (χ4v) is 2.50. The third kappa shape index (κ3) is 3.59. The fraction of sp³-hybridized carbons (Fsp3) is 0.200. The summed E-state index contributed by atoms with van der Waals surface area (Å²) in [5.74, 6) is 0.782. The molecule has 2 N–H and O–H groups in total. The van der Waals surface area contributed by atoms with Gasteiger partial charge in [-0.2, -0.15) is 0 Å². The molecular weight excluding hydrogens is 336 g/mol. The van der Waals surface area contributed by atoms with Crippen molar-refractivity contribution in [2.75, 3.05) is 0 Å². The Labute approximate surface area is 131 Å². The number of benzene rings is 2. The minimum Gasteiger partial charge on any atom is -0.450 e. The number of aryl methyl sites for hydroxylation is 1. The maximum Gasteiger partial charge on any atom is 0.312 e. The van der Waals surface area contributed by atoms with Crippen LogP contribution >= 0.6 is 15.9 Å². The molecule has 2 aromatic carbocycles. The quantitative estimate of drug-likeness (QED) is 0.651. The molecule has 0 unspecified atom stereocenters. The zero-order valence-corrected chi connectivity index (χ0v) is 13.3. The molecule has 5 nitrogen and oxygen atoms in total. The van der Waals surface area contributed by atoms with E-state index in [0.717, 1.165) is 5.56 Å². The molecule has 0 aliphatic rings. The standard InChI is InChI=1S/C15H15BrN2O3/c1-9-7-12(16)8-14(18(19)20)15(9)21-13-5-3-11(4-6-13)10(2)17/h3-8,10H,17H2,1-2H3/t10-/m0/s1. The van der Waals surface area contributed by atoms with Gasteiger partial charge in [-0.3, -0.25) is 10.1 Å². The van der Waals surface area contributed by atoms with Gasteiger partial charge < -0.3 is 10.5 Å². The summed E-state index contributed by atoms with van der Waals surface area (Å²) in [7, 11) is 0. The molecule has 0 amide bonds. The van der Waals surface area contributed by atoms with E-state index >= 15 is 0 Å². The van der Waals surface area contributed by atoms with E-state index in [1.807, 2.05) is 19.1 Å². The van der Waals surface area contributed by atoms with Gasteiger partial charge in [-0.1, -0.05) is 28.1 Å². The largest absolute Gasteiger partial charge is 0.450 e. The molecule has 0 saturated heterocycles. The first-order valence-corrected chi connectivity index (χ1v) is 7.15. The summed E-state index contributed by atoms with van der Waals surface area (Å²) in [6.45, 7) is 3.66. The molecule has 0 saturated carbocycles. The van der Waals surface area contributed by atoms with Crippen LogP contribution in [0.5, 0.6) is 11.5 Å². The Hall–Kier alpha value is -1.92. The number of nitrogens with zero attached hydrogens (tertiary/aromatic N) is 1. The van der Waals surface area contributed by atoms with Crippen LogP contribution in [0.1, 0.15) is 24.1 Å². The molecule has 0 fully saturated rings. The topological polar surface area (TPSA) is 78.4 Å². The van der Waals surface area contributed by atoms with E-state index in [9.17, 15) is 10.1 Å². The van der Waals surface area contributed by atoms with E-state index < -0.39 is 4.92 Å². The fourth-order valence-electron chi connectivity index (χ4n) is 1.94. The van der Waals surface area contributed by atoms with E-state index in [1.165, 1.54) is 6.07 Å². The number of nitro groups is 1. The van der Waals surface area contributed by atoms with Crippen LogP contribution in [0.3, 0.4) is 0 Å². The Kier molecular flexibility index (Phi) is 4.59. The zero-order valence-electron chi connectivity index (χ0n) is 11.7. The molecule has 0 spiro atoms. The van der Waals surface area contributed by atoms with Gasteiger partial charge in [0.25, 0.3) is 0 Å². The van der Waals surface area contributed by atoms with Crippen LogP contribution in [0, 0.1) is 17.0 Å². The molecule has 0 bridgehead atoms. The van der Waals surface area contributed by atoms with Gasteiger partial charge in [0, 0.05) is 16.6 Å². The van der Waals surface area contributed by atoms with Crippen molar-refractivity contribution in [1.29, 1.82) is 0 Å². The smallest absolute Gasteiger partial charge is 0.312 e. The van der Waals surface area contributed by atoms with Gasteiger partial charge in [0.15, 0.2) is 0 Å². The highest BCUT2D eigenvalue weighted by Gasteiger charge is 2.19. The molecule has 2 aromatic rings. The SMILES string of the molecule is Cc1cc(Br)cc([N+](=O)[O-])c1Oc1ccc([C@H](C)N)cc1. The molecule has 0 heterocycles. The number of hydrogen-bond donors (Lipinski definition) is 1. The van der Waals surface area contributed by atoms with Gasteiger partial charge in [-0.05, 0) is 43.2 Å². The molecule has 21 heavy (non-hydrogen) atoms. The highest BCUT2D eigenvalue weighted by Crippen LogP contribution is 2.37. The molecule has 6 heteroatoms. The third-order valence-corrected chi connectivity index (χ3v) is 3.50. The average molecular weight is 351 g/mol. The minimum absolute atomic E-state index is 0.0668. The molecule has 0 aliphatic heterocycles. The Morgan fingerprint density at radius 3 is 2.43 bits per heavy atom. The van der Waals surface area contributed by atoms with Gasteiger partial charge in [-0.25, -0.2) is 0 Å². The summed E-state index contributed by atoms with van der Waals surface area (Å²) in [5.41, 5.74) is 7.38. The molecule has 1 atom stereocenters. The van der Waals surface area contributed by atoms with Crippen LogP contribution in [-0.2, 0) is 0 Å². The van der Waals surface area contributed by atoms with Crippen LogP contribution < -0.4 is 10.5 Å². The summed E-state index contributed by atoms with van der Waals surface area (Å²) in [6.07, 6.45) is 0. The Balaban J connectivity index is 2.37. The molecule has 2 rings (SSSR count). The third-order valence-electron chi connectivity index (χ3n) is 3.04. The number of hydrogen-bond acceptors (Lipinski definition) is 4. The highest BCUT2D eigenvalue weighted by molar-refractivity contribution is 9.10. The average Bonchev–Trinajstić information content (AvgIpc) is 2.41. The van der Waals surface area contributed by atoms with Crippen molar-refractivity contribution in [2.45, 2.75) is 19.9 Å². The van der Waals surface area contributed by atoms with Crippen molar-refractivity contribution in [1.82, 2.24) is 0 Å². The van der Waals surface area contributed by atoms with Crippen LogP contribution in [0.25, 0.3) is 0 Å². The molecule has 110 valence electrons. The van der Waals surface area contributed by atoms with Crippen molar-refractivity contribution >= 4 is 21.6 Å². The summed E-state index contributed by atoms with van der Waals surface area (Å²) >= 11 is 3.25. The second kappa shape index (κ2) is 6.24. The molecule has 0 aliphatic carbocycles. The first-order chi connectivity index (χ1) is 9.88. The van der Waals surface area contributed by atoms with E-state index in [4.69, 9.17) is 10.5 Å². The minimum atomic E-state index is -0.455. The number of nitro benzene ring substituents is 1. The second-order valence-electron chi connectivity index (χ2n) is 4.79. The van der Waals surface area contributed by atoms with Gasteiger partial charge in [0.05, 0.1) is 4.92 Å². The number of ether oxygens (including phenoxy) is 1. The maximum absolute atomic E-state index is 11.1. The zero-order chi connectivity index (χ0) is 15.6. The lowest BCUT2D eigenvalue weighted by atomic mass is 10.1. The maximum atomic E-state index is 11.1. The predicted octanol–water partition coefficient (Wildman–Crippen LogP) is 4.48. The van der Waals surface area contributed by atoms with Gasteiger partial charge in [-0.15, -0.1) is 0 Å². The number of nitrogens with two attached hydrogens (primary N) is 1. The number of halogens is 1. The van der Waals surface area contributed by atoms with Crippen LogP contribution in [0.15, 0.2) is 40.9 Å². The highest BCUT2D eigenvalue weighted by atomic mass is 79.9. The first kappa shape index (κ1) is 15.5. The summed E-state index contributed by atoms with van der Waals surface area (Å²) < 4.78 is 6.33. The predicted molar refractivity (Wildman–Crippen MR) is 84.7 cm³/mol. The molecule has 0 aromatic heterocycles. The first-order valence-electron chi connectivity index (χ1n) is 6.36. The monoisotopic (exact) mass is 350 g/mol. The Bertz CT molecular complexity index is 669. The lowest BCUT2D eigenvalue weighted by Gasteiger charge is -2.11. The van der Waals surface area contributed by atoms with E-state index in [0.29, 0.717) is 15.8 Å². The van der Waals surface area contributed by atoms with Crippen molar-refractivity contribution < 1.29 is 9.66 Å². The van der Waals surface area contributed by atoms with Crippen molar-refractivity contribution in [3.63, 3.8) is 0 Å². The second-order valence-corrected chi connectivity index (χ2v) is 5.70. The van der Waals surface area contributed by atoms with E-state index in [1.54, 1.807) is 25.1 Å².